The Morgan fingerprint density at radius 1 is 1.47 bits per heavy atom. The predicted octanol–water partition coefficient (Wildman–Crippen LogP) is 1.69. The van der Waals surface area contributed by atoms with Crippen molar-refractivity contribution < 1.29 is 9.26 Å². The lowest BCUT2D eigenvalue weighted by Crippen LogP contribution is -2.25. The second-order valence-electron chi connectivity index (χ2n) is 5.15. The van der Waals surface area contributed by atoms with Crippen LogP contribution in [0.2, 0.25) is 0 Å². The minimum absolute atomic E-state index is 0.107. The van der Waals surface area contributed by atoms with Crippen LogP contribution in [0.3, 0.4) is 0 Å². The largest absolute Gasteiger partial charge is 0.373 e. The standard InChI is InChI=1S/C12H21N3O2/c1-7(2)11(16-3)12-14-10(17-15-12)6-9(13)8-4-5-8/h7-9,11H,4-6,13H2,1-3H3. The summed E-state index contributed by atoms with van der Waals surface area (Å²) in [5.41, 5.74) is 6.03. The van der Waals surface area contributed by atoms with Crippen LogP contribution in [0.25, 0.3) is 0 Å². The number of rotatable bonds is 6. The van der Waals surface area contributed by atoms with Gasteiger partial charge in [0, 0.05) is 19.6 Å². The van der Waals surface area contributed by atoms with E-state index in [1.165, 1.54) is 12.8 Å². The summed E-state index contributed by atoms with van der Waals surface area (Å²) in [4.78, 5) is 4.37. The lowest BCUT2D eigenvalue weighted by Gasteiger charge is -2.14. The van der Waals surface area contributed by atoms with Crippen molar-refractivity contribution in [3.05, 3.63) is 11.7 Å². The zero-order valence-corrected chi connectivity index (χ0v) is 10.7. The number of ether oxygens (including phenoxy) is 1. The Morgan fingerprint density at radius 3 is 2.71 bits per heavy atom. The Kier molecular flexibility index (Phi) is 3.79. The van der Waals surface area contributed by atoms with Gasteiger partial charge in [-0.2, -0.15) is 4.98 Å². The highest BCUT2D eigenvalue weighted by Crippen LogP contribution is 2.33. The third-order valence-corrected chi connectivity index (χ3v) is 3.24. The molecule has 1 aromatic rings. The second kappa shape index (κ2) is 5.14. The lowest BCUT2D eigenvalue weighted by atomic mass is 10.1. The van der Waals surface area contributed by atoms with Gasteiger partial charge in [-0.05, 0) is 24.7 Å². The SMILES string of the molecule is COC(c1noc(CC(N)C2CC2)n1)C(C)C. The molecule has 0 spiro atoms. The highest BCUT2D eigenvalue weighted by Gasteiger charge is 2.30. The van der Waals surface area contributed by atoms with Gasteiger partial charge < -0.3 is 15.0 Å². The van der Waals surface area contributed by atoms with Crippen molar-refractivity contribution in [3.8, 4) is 0 Å². The molecule has 1 saturated carbocycles. The van der Waals surface area contributed by atoms with Crippen LogP contribution in [0.4, 0.5) is 0 Å². The van der Waals surface area contributed by atoms with Crippen LogP contribution in [-0.4, -0.2) is 23.3 Å². The van der Waals surface area contributed by atoms with Crippen LogP contribution in [0.5, 0.6) is 0 Å². The van der Waals surface area contributed by atoms with E-state index in [-0.39, 0.29) is 12.1 Å². The van der Waals surface area contributed by atoms with Crippen molar-refractivity contribution in [2.24, 2.45) is 17.6 Å². The second-order valence-corrected chi connectivity index (χ2v) is 5.15. The van der Waals surface area contributed by atoms with E-state index in [1.807, 2.05) is 0 Å². The summed E-state index contributed by atoms with van der Waals surface area (Å²) < 4.78 is 10.6. The maximum absolute atomic E-state index is 6.03. The van der Waals surface area contributed by atoms with Gasteiger partial charge in [0.1, 0.15) is 6.10 Å². The summed E-state index contributed by atoms with van der Waals surface area (Å²) in [5.74, 6) is 2.22. The number of aromatic nitrogens is 2. The molecule has 2 unspecified atom stereocenters. The molecule has 0 radical (unpaired) electrons. The molecule has 5 heteroatoms. The lowest BCUT2D eigenvalue weighted by molar-refractivity contribution is 0.0555. The molecule has 1 aromatic heterocycles. The van der Waals surface area contributed by atoms with Crippen molar-refractivity contribution in [1.29, 1.82) is 0 Å². The maximum Gasteiger partial charge on any atom is 0.228 e. The zero-order valence-electron chi connectivity index (χ0n) is 10.7. The molecule has 96 valence electrons. The highest BCUT2D eigenvalue weighted by atomic mass is 16.5. The minimum Gasteiger partial charge on any atom is -0.373 e. The molecule has 2 rings (SSSR count). The Balaban J connectivity index is 1.98. The predicted molar refractivity (Wildman–Crippen MR) is 63.3 cm³/mol. The number of nitrogens with two attached hydrogens (primary N) is 1. The van der Waals surface area contributed by atoms with E-state index in [4.69, 9.17) is 15.0 Å². The smallest absolute Gasteiger partial charge is 0.228 e. The van der Waals surface area contributed by atoms with Crippen molar-refractivity contribution in [2.45, 2.75) is 45.3 Å². The Bertz CT molecular complexity index is 360. The molecule has 1 aliphatic rings. The molecule has 0 bridgehead atoms. The minimum atomic E-state index is -0.107. The van der Waals surface area contributed by atoms with Crippen molar-refractivity contribution >= 4 is 0 Å². The van der Waals surface area contributed by atoms with Crippen molar-refractivity contribution in [3.63, 3.8) is 0 Å². The van der Waals surface area contributed by atoms with Crippen LogP contribution in [-0.2, 0) is 11.2 Å². The van der Waals surface area contributed by atoms with E-state index in [9.17, 15) is 0 Å². The van der Waals surface area contributed by atoms with Crippen LogP contribution < -0.4 is 5.73 Å². The number of hydrogen-bond acceptors (Lipinski definition) is 5. The van der Waals surface area contributed by atoms with Gasteiger partial charge in [-0.1, -0.05) is 19.0 Å². The molecule has 1 aliphatic carbocycles. The molecule has 0 saturated heterocycles. The molecular formula is C12H21N3O2. The van der Waals surface area contributed by atoms with E-state index >= 15 is 0 Å². The number of methoxy groups -OCH3 is 1. The number of hydrogen-bond donors (Lipinski definition) is 1. The first-order valence-corrected chi connectivity index (χ1v) is 6.22. The normalized spacial score (nSPS) is 19.6. The average Bonchev–Trinajstić information content (AvgIpc) is 3.03. The number of nitrogens with zero attached hydrogens (tertiary/aromatic N) is 2. The quantitative estimate of drug-likeness (QED) is 0.817. The summed E-state index contributed by atoms with van der Waals surface area (Å²) in [6.45, 7) is 4.14. The summed E-state index contributed by atoms with van der Waals surface area (Å²) >= 11 is 0. The molecule has 0 aromatic carbocycles. The summed E-state index contributed by atoms with van der Waals surface area (Å²) in [7, 11) is 1.66. The summed E-state index contributed by atoms with van der Waals surface area (Å²) in [5, 5.41) is 3.97. The molecule has 1 heterocycles. The first-order chi connectivity index (χ1) is 8.11. The summed E-state index contributed by atoms with van der Waals surface area (Å²) in [6, 6.07) is 0.156. The molecule has 2 N–H and O–H groups in total. The fourth-order valence-corrected chi connectivity index (χ4v) is 2.03. The Labute approximate surface area is 102 Å². The van der Waals surface area contributed by atoms with Gasteiger partial charge in [0.25, 0.3) is 0 Å². The van der Waals surface area contributed by atoms with E-state index in [0.29, 0.717) is 30.0 Å². The summed E-state index contributed by atoms with van der Waals surface area (Å²) in [6.07, 6.45) is 3.03. The van der Waals surface area contributed by atoms with Gasteiger partial charge in [-0.3, -0.25) is 0 Å². The van der Waals surface area contributed by atoms with Crippen molar-refractivity contribution in [1.82, 2.24) is 10.1 Å². The van der Waals surface area contributed by atoms with Crippen LogP contribution in [0.15, 0.2) is 4.52 Å². The van der Waals surface area contributed by atoms with Gasteiger partial charge in [-0.25, -0.2) is 0 Å². The molecule has 5 nitrogen and oxygen atoms in total. The Hall–Kier alpha value is -0.940. The van der Waals surface area contributed by atoms with Crippen LogP contribution >= 0.6 is 0 Å². The third-order valence-electron chi connectivity index (χ3n) is 3.24. The van der Waals surface area contributed by atoms with Gasteiger partial charge >= 0.3 is 0 Å². The molecular weight excluding hydrogens is 218 g/mol. The zero-order chi connectivity index (χ0) is 12.4. The van der Waals surface area contributed by atoms with Gasteiger partial charge in [0.2, 0.25) is 11.7 Å². The van der Waals surface area contributed by atoms with Gasteiger partial charge in [0.05, 0.1) is 0 Å². The third kappa shape index (κ3) is 3.04. The van der Waals surface area contributed by atoms with Crippen molar-refractivity contribution in [2.75, 3.05) is 7.11 Å². The molecule has 0 amide bonds. The first kappa shape index (κ1) is 12.5. The Morgan fingerprint density at radius 2 is 2.18 bits per heavy atom. The van der Waals surface area contributed by atoms with Gasteiger partial charge in [-0.15, -0.1) is 0 Å². The van der Waals surface area contributed by atoms with E-state index in [2.05, 4.69) is 24.0 Å². The van der Waals surface area contributed by atoms with E-state index < -0.39 is 0 Å². The van der Waals surface area contributed by atoms with Crippen LogP contribution in [0, 0.1) is 11.8 Å². The van der Waals surface area contributed by atoms with Gasteiger partial charge in [0.15, 0.2) is 0 Å². The molecule has 2 atom stereocenters. The maximum atomic E-state index is 6.03. The average molecular weight is 239 g/mol. The molecule has 1 fully saturated rings. The molecule has 0 aliphatic heterocycles. The van der Waals surface area contributed by atoms with E-state index in [0.717, 1.165) is 0 Å². The fourth-order valence-electron chi connectivity index (χ4n) is 2.03. The van der Waals surface area contributed by atoms with E-state index in [1.54, 1.807) is 7.11 Å². The highest BCUT2D eigenvalue weighted by molar-refractivity contribution is 4.96. The fraction of sp³-hybridized carbons (Fsp3) is 0.833. The first-order valence-electron chi connectivity index (χ1n) is 6.22. The molecule has 17 heavy (non-hydrogen) atoms. The topological polar surface area (TPSA) is 74.2 Å². The monoisotopic (exact) mass is 239 g/mol. The van der Waals surface area contributed by atoms with Crippen LogP contribution in [0.1, 0.15) is 44.5 Å².